The predicted octanol–water partition coefficient (Wildman–Crippen LogP) is 0.625. The summed E-state index contributed by atoms with van der Waals surface area (Å²) < 4.78 is 16.0. The first kappa shape index (κ1) is 12.6. The summed E-state index contributed by atoms with van der Waals surface area (Å²) in [5, 5.41) is 0. The number of methoxy groups -OCH3 is 2. The number of ether oxygens (including phenoxy) is 2. The van der Waals surface area contributed by atoms with E-state index in [1.165, 1.54) is 0 Å². The minimum Gasteiger partial charge on any atom is -0.472 e. The molecule has 1 fully saturated rings. The second-order valence-electron chi connectivity index (χ2n) is 4.31. The molecule has 5 heteroatoms. The van der Waals surface area contributed by atoms with Crippen molar-refractivity contribution in [2.24, 2.45) is 5.73 Å². The smallest absolute Gasteiger partial charge is 0.0972 e. The van der Waals surface area contributed by atoms with Gasteiger partial charge < -0.3 is 19.6 Å². The minimum absolute atomic E-state index is 0.112. The molecule has 2 N–H and O–H groups in total. The van der Waals surface area contributed by atoms with E-state index in [0.717, 1.165) is 18.7 Å². The molecule has 1 aliphatic heterocycles. The van der Waals surface area contributed by atoms with Crippen LogP contribution in [0.15, 0.2) is 23.0 Å². The Labute approximate surface area is 101 Å². The Hall–Kier alpha value is -0.880. The normalized spacial score (nSPS) is 27.5. The SMILES string of the molecule is COC1CN(C(CN)c2ccoc2)CC1OC. The van der Waals surface area contributed by atoms with Gasteiger partial charge in [-0.2, -0.15) is 0 Å². The van der Waals surface area contributed by atoms with Crippen LogP contribution in [0, 0.1) is 0 Å². The van der Waals surface area contributed by atoms with E-state index in [2.05, 4.69) is 4.90 Å². The summed E-state index contributed by atoms with van der Waals surface area (Å²) in [7, 11) is 3.44. The van der Waals surface area contributed by atoms with Crippen LogP contribution in [0.2, 0.25) is 0 Å². The quantitative estimate of drug-likeness (QED) is 0.817. The molecular weight excluding hydrogens is 220 g/mol. The molecule has 1 saturated heterocycles. The third kappa shape index (κ3) is 2.52. The zero-order valence-electron chi connectivity index (χ0n) is 10.3. The van der Waals surface area contributed by atoms with E-state index in [0.29, 0.717) is 6.54 Å². The van der Waals surface area contributed by atoms with Crippen LogP contribution in [0.4, 0.5) is 0 Å². The monoisotopic (exact) mass is 240 g/mol. The molecule has 0 aliphatic carbocycles. The predicted molar refractivity (Wildman–Crippen MR) is 63.7 cm³/mol. The van der Waals surface area contributed by atoms with Crippen LogP contribution in [-0.2, 0) is 9.47 Å². The van der Waals surface area contributed by atoms with Gasteiger partial charge >= 0.3 is 0 Å². The van der Waals surface area contributed by atoms with E-state index in [1.807, 2.05) is 6.07 Å². The highest BCUT2D eigenvalue weighted by molar-refractivity contribution is 5.13. The Morgan fingerprint density at radius 3 is 2.47 bits per heavy atom. The molecule has 5 nitrogen and oxygen atoms in total. The highest BCUT2D eigenvalue weighted by Crippen LogP contribution is 2.26. The molecule has 1 aromatic heterocycles. The van der Waals surface area contributed by atoms with Crippen molar-refractivity contribution in [2.45, 2.75) is 18.2 Å². The van der Waals surface area contributed by atoms with Gasteiger partial charge in [-0.25, -0.2) is 0 Å². The van der Waals surface area contributed by atoms with Gasteiger partial charge in [-0.15, -0.1) is 0 Å². The molecule has 96 valence electrons. The van der Waals surface area contributed by atoms with Gasteiger partial charge in [-0.1, -0.05) is 0 Å². The Morgan fingerprint density at radius 2 is 2.06 bits per heavy atom. The van der Waals surface area contributed by atoms with Gasteiger partial charge in [0.25, 0.3) is 0 Å². The number of nitrogens with two attached hydrogens (primary N) is 1. The zero-order valence-corrected chi connectivity index (χ0v) is 10.3. The van der Waals surface area contributed by atoms with Crippen LogP contribution in [0.5, 0.6) is 0 Å². The van der Waals surface area contributed by atoms with Crippen molar-refractivity contribution in [3.8, 4) is 0 Å². The molecule has 3 unspecified atom stereocenters. The van der Waals surface area contributed by atoms with Crippen molar-refractivity contribution >= 4 is 0 Å². The highest BCUT2D eigenvalue weighted by atomic mass is 16.5. The van der Waals surface area contributed by atoms with E-state index in [9.17, 15) is 0 Å². The molecule has 0 aromatic carbocycles. The van der Waals surface area contributed by atoms with E-state index in [1.54, 1.807) is 26.7 Å². The molecule has 1 aromatic rings. The number of hydrogen-bond acceptors (Lipinski definition) is 5. The summed E-state index contributed by atoms with van der Waals surface area (Å²) in [6, 6.07) is 2.13. The van der Waals surface area contributed by atoms with Crippen LogP contribution in [0.3, 0.4) is 0 Å². The average molecular weight is 240 g/mol. The van der Waals surface area contributed by atoms with Crippen LogP contribution >= 0.6 is 0 Å². The van der Waals surface area contributed by atoms with Crippen molar-refractivity contribution in [3.63, 3.8) is 0 Å². The first-order valence-corrected chi connectivity index (χ1v) is 5.82. The Bertz CT molecular complexity index is 317. The maximum absolute atomic E-state index is 5.85. The summed E-state index contributed by atoms with van der Waals surface area (Å²) in [5.74, 6) is 0. The maximum atomic E-state index is 5.85. The van der Waals surface area contributed by atoms with E-state index in [4.69, 9.17) is 19.6 Å². The lowest BCUT2D eigenvalue weighted by Crippen LogP contribution is -2.32. The molecular formula is C12H20N2O3. The van der Waals surface area contributed by atoms with Gasteiger partial charge in [0.2, 0.25) is 0 Å². The fourth-order valence-corrected chi connectivity index (χ4v) is 2.44. The summed E-state index contributed by atoms with van der Waals surface area (Å²) in [5.41, 5.74) is 6.96. The second kappa shape index (κ2) is 5.64. The third-order valence-corrected chi connectivity index (χ3v) is 3.44. The summed E-state index contributed by atoms with van der Waals surface area (Å²) in [6.45, 7) is 2.23. The summed E-state index contributed by atoms with van der Waals surface area (Å²) in [6.07, 6.45) is 3.65. The Kier molecular flexibility index (Phi) is 4.17. The molecule has 0 saturated carbocycles. The minimum atomic E-state index is 0.112. The summed E-state index contributed by atoms with van der Waals surface area (Å²) in [4.78, 5) is 2.28. The number of nitrogens with zero attached hydrogens (tertiary/aromatic N) is 1. The fourth-order valence-electron chi connectivity index (χ4n) is 2.44. The van der Waals surface area contributed by atoms with Crippen molar-refractivity contribution in [1.29, 1.82) is 0 Å². The number of hydrogen-bond donors (Lipinski definition) is 1. The molecule has 17 heavy (non-hydrogen) atoms. The Balaban J connectivity index is 2.07. The lowest BCUT2D eigenvalue weighted by atomic mass is 10.1. The van der Waals surface area contributed by atoms with Crippen LogP contribution in [0.1, 0.15) is 11.6 Å². The Morgan fingerprint density at radius 1 is 1.41 bits per heavy atom. The largest absolute Gasteiger partial charge is 0.472 e. The van der Waals surface area contributed by atoms with Gasteiger partial charge in [-0.3, -0.25) is 4.90 Å². The summed E-state index contributed by atoms with van der Waals surface area (Å²) >= 11 is 0. The van der Waals surface area contributed by atoms with Crippen molar-refractivity contribution in [1.82, 2.24) is 4.90 Å². The third-order valence-electron chi connectivity index (χ3n) is 3.44. The standard InChI is InChI=1S/C12H20N2O3/c1-15-11-6-14(7-12(11)16-2)10(5-13)9-3-4-17-8-9/h3-4,8,10-12H,5-7,13H2,1-2H3. The average Bonchev–Trinajstić information content (AvgIpc) is 2.99. The van der Waals surface area contributed by atoms with Crippen LogP contribution in [-0.4, -0.2) is 51.0 Å². The molecule has 0 amide bonds. The lowest BCUT2D eigenvalue weighted by molar-refractivity contribution is -0.00461. The van der Waals surface area contributed by atoms with Crippen molar-refractivity contribution in [3.05, 3.63) is 24.2 Å². The van der Waals surface area contributed by atoms with Crippen molar-refractivity contribution < 1.29 is 13.9 Å². The van der Waals surface area contributed by atoms with E-state index in [-0.39, 0.29) is 18.2 Å². The molecule has 2 rings (SSSR count). The van der Waals surface area contributed by atoms with Gasteiger partial charge in [0, 0.05) is 39.4 Å². The topological polar surface area (TPSA) is 60.9 Å². The van der Waals surface area contributed by atoms with Gasteiger partial charge in [-0.05, 0) is 6.07 Å². The molecule has 0 spiro atoms. The maximum Gasteiger partial charge on any atom is 0.0972 e. The number of furan rings is 1. The van der Waals surface area contributed by atoms with Gasteiger partial charge in [0.1, 0.15) is 0 Å². The first-order valence-electron chi connectivity index (χ1n) is 5.82. The number of rotatable bonds is 5. The van der Waals surface area contributed by atoms with E-state index >= 15 is 0 Å². The van der Waals surface area contributed by atoms with Crippen LogP contribution in [0.25, 0.3) is 0 Å². The van der Waals surface area contributed by atoms with Gasteiger partial charge in [0.15, 0.2) is 0 Å². The second-order valence-corrected chi connectivity index (χ2v) is 4.31. The molecule has 2 heterocycles. The van der Waals surface area contributed by atoms with Crippen molar-refractivity contribution in [2.75, 3.05) is 33.9 Å². The molecule has 3 atom stereocenters. The molecule has 0 radical (unpaired) electrons. The van der Waals surface area contributed by atoms with Gasteiger partial charge in [0.05, 0.1) is 30.8 Å². The zero-order chi connectivity index (χ0) is 12.3. The lowest BCUT2D eigenvalue weighted by Gasteiger charge is -2.25. The molecule has 1 aliphatic rings. The van der Waals surface area contributed by atoms with E-state index < -0.39 is 0 Å². The molecule has 0 bridgehead atoms. The fraction of sp³-hybridized carbons (Fsp3) is 0.667. The number of likely N-dealkylation sites (tertiary alicyclic amines) is 1. The first-order chi connectivity index (χ1) is 8.30. The highest BCUT2D eigenvalue weighted by Gasteiger charge is 2.36. The van der Waals surface area contributed by atoms with Crippen LogP contribution < -0.4 is 5.73 Å².